The van der Waals surface area contributed by atoms with E-state index in [4.69, 9.17) is 15.9 Å². The molecule has 0 saturated carbocycles. The van der Waals surface area contributed by atoms with E-state index in [0.717, 1.165) is 5.56 Å². The van der Waals surface area contributed by atoms with E-state index in [1.807, 2.05) is 49.4 Å². The highest BCUT2D eigenvalue weighted by atomic mass is 16.5. The Hall–Kier alpha value is -5.80. The molecule has 0 aliphatic rings. The number of hydroxylamine groups is 1. The van der Waals surface area contributed by atoms with Gasteiger partial charge in [-0.05, 0) is 55.3 Å². The number of aromatic nitrogens is 4. The van der Waals surface area contributed by atoms with E-state index in [0.29, 0.717) is 52.3 Å². The molecule has 1 atom stereocenters. The summed E-state index contributed by atoms with van der Waals surface area (Å²) >= 11 is 0. The number of hydrogen-bond donors (Lipinski definition) is 5. The zero-order chi connectivity index (χ0) is 30.5. The fourth-order valence-corrected chi connectivity index (χ4v) is 4.84. The van der Waals surface area contributed by atoms with E-state index in [2.05, 4.69) is 26.7 Å². The molecule has 1 amide bonds. The molecule has 1 unspecified atom stereocenters. The Morgan fingerprint density at radius 3 is 2.47 bits per heavy atom. The first-order valence-electron chi connectivity index (χ1n) is 13.5. The van der Waals surface area contributed by atoms with Crippen LogP contribution in [-0.2, 0) is 6.54 Å². The SMILES string of the molecule is CCC(Nc1nc(N)nc(C)c1C#N)c1nc2cccc(NCc3ccc(C(=O)NO)cc3)c2c(=O)n1-c1ccccc1. The zero-order valence-corrected chi connectivity index (χ0v) is 23.5. The third kappa shape index (κ3) is 5.83. The number of para-hydroxylation sites is 1. The number of nitrogens with one attached hydrogen (secondary N) is 3. The lowest BCUT2D eigenvalue weighted by Gasteiger charge is -2.23. The van der Waals surface area contributed by atoms with Crippen LogP contribution in [0.5, 0.6) is 0 Å². The summed E-state index contributed by atoms with van der Waals surface area (Å²) < 4.78 is 1.57. The van der Waals surface area contributed by atoms with Gasteiger partial charge < -0.3 is 16.4 Å². The van der Waals surface area contributed by atoms with Crippen molar-refractivity contribution in [3.63, 3.8) is 0 Å². The average Bonchev–Trinajstić information content (AvgIpc) is 3.02. The lowest BCUT2D eigenvalue weighted by atomic mass is 10.1. The van der Waals surface area contributed by atoms with Crippen LogP contribution in [0.15, 0.2) is 77.6 Å². The van der Waals surface area contributed by atoms with E-state index in [9.17, 15) is 14.9 Å². The van der Waals surface area contributed by atoms with Crippen molar-refractivity contribution in [1.82, 2.24) is 25.0 Å². The fourth-order valence-electron chi connectivity index (χ4n) is 4.84. The molecule has 0 spiro atoms. The molecule has 12 heteroatoms. The van der Waals surface area contributed by atoms with Gasteiger partial charge in [0.15, 0.2) is 0 Å². The summed E-state index contributed by atoms with van der Waals surface area (Å²) in [5.74, 6) is 0.146. The van der Waals surface area contributed by atoms with Crippen LogP contribution in [0.2, 0.25) is 0 Å². The number of carbonyl (C=O) groups excluding carboxylic acids is 1. The van der Waals surface area contributed by atoms with Gasteiger partial charge >= 0.3 is 0 Å². The predicted molar refractivity (Wildman–Crippen MR) is 163 cm³/mol. The molecular formula is C31H29N9O3. The molecule has 2 heterocycles. The van der Waals surface area contributed by atoms with Crippen LogP contribution in [0.3, 0.4) is 0 Å². The average molecular weight is 576 g/mol. The number of amides is 1. The minimum atomic E-state index is -0.598. The highest BCUT2D eigenvalue weighted by Crippen LogP contribution is 2.28. The van der Waals surface area contributed by atoms with Gasteiger partial charge in [-0.25, -0.2) is 15.4 Å². The van der Waals surface area contributed by atoms with Crippen molar-refractivity contribution in [2.75, 3.05) is 16.4 Å². The second-order valence-electron chi connectivity index (χ2n) is 9.75. The molecule has 6 N–H and O–H groups in total. The lowest BCUT2D eigenvalue weighted by molar-refractivity contribution is 0.0706. The quantitative estimate of drug-likeness (QED) is 0.126. The molecule has 0 fully saturated rings. The number of anilines is 3. The van der Waals surface area contributed by atoms with E-state index in [1.165, 1.54) is 0 Å². The third-order valence-corrected chi connectivity index (χ3v) is 6.99. The van der Waals surface area contributed by atoms with Crippen molar-refractivity contribution < 1.29 is 10.0 Å². The largest absolute Gasteiger partial charge is 0.380 e. The number of nitrogens with zero attached hydrogens (tertiary/aromatic N) is 5. The van der Waals surface area contributed by atoms with Gasteiger partial charge in [0.05, 0.1) is 28.3 Å². The maximum atomic E-state index is 14.3. The summed E-state index contributed by atoms with van der Waals surface area (Å²) in [5.41, 5.74) is 10.8. The van der Waals surface area contributed by atoms with Crippen LogP contribution in [0.1, 0.15) is 52.4 Å². The number of carbonyl (C=O) groups is 1. The number of hydrogen-bond acceptors (Lipinski definition) is 10. The van der Waals surface area contributed by atoms with Crippen molar-refractivity contribution in [2.24, 2.45) is 0 Å². The van der Waals surface area contributed by atoms with Crippen LogP contribution in [-0.4, -0.2) is 30.6 Å². The molecule has 5 aromatic rings. The van der Waals surface area contributed by atoms with Crippen LogP contribution >= 0.6 is 0 Å². The maximum Gasteiger partial charge on any atom is 0.274 e. The summed E-state index contributed by atoms with van der Waals surface area (Å²) in [5, 5.41) is 25.6. The number of nitrogens with two attached hydrogens (primary N) is 1. The van der Waals surface area contributed by atoms with Crippen LogP contribution in [0.4, 0.5) is 17.5 Å². The maximum absolute atomic E-state index is 14.3. The van der Waals surface area contributed by atoms with Crippen molar-refractivity contribution in [2.45, 2.75) is 32.9 Å². The fraction of sp³-hybridized carbons (Fsp3) is 0.161. The Morgan fingerprint density at radius 2 is 1.79 bits per heavy atom. The van der Waals surface area contributed by atoms with Crippen molar-refractivity contribution >= 4 is 34.3 Å². The van der Waals surface area contributed by atoms with Gasteiger partial charge in [-0.2, -0.15) is 10.2 Å². The molecule has 2 aromatic heterocycles. The first-order valence-corrected chi connectivity index (χ1v) is 13.5. The predicted octanol–water partition coefficient (Wildman–Crippen LogP) is 4.23. The van der Waals surface area contributed by atoms with E-state index >= 15 is 0 Å². The molecule has 0 aliphatic carbocycles. The van der Waals surface area contributed by atoms with E-state index in [1.54, 1.807) is 47.3 Å². The zero-order valence-electron chi connectivity index (χ0n) is 23.5. The minimum absolute atomic E-state index is 0.0304. The van der Waals surface area contributed by atoms with Gasteiger partial charge in [-0.1, -0.05) is 43.3 Å². The van der Waals surface area contributed by atoms with Gasteiger partial charge in [0.2, 0.25) is 5.95 Å². The standard InChI is InChI=1S/C31H29N9O3/c1-3-23(36-27-22(16-32)18(2)35-31(33)38-27)28-37-25-11-7-10-24(26(25)30(42)40(28)21-8-5-4-6-9-21)34-17-19-12-14-20(15-13-19)29(41)39-43/h4-15,23,34,43H,3,17H2,1-2H3,(H,39,41)(H3,33,35,36,38). The summed E-state index contributed by atoms with van der Waals surface area (Å²) in [6, 6.07) is 23.0. The van der Waals surface area contributed by atoms with Gasteiger partial charge in [-0.15, -0.1) is 0 Å². The van der Waals surface area contributed by atoms with Crippen LogP contribution in [0, 0.1) is 18.3 Å². The Kier molecular flexibility index (Phi) is 8.27. The number of benzene rings is 3. The molecule has 0 radical (unpaired) electrons. The highest BCUT2D eigenvalue weighted by molar-refractivity contribution is 5.93. The van der Waals surface area contributed by atoms with Gasteiger partial charge in [0.25, 0.3) is 11.5 Å². The van der Waals surface area contributed by atoms with Gasteiger partial charge in [0, 0.05) is 17.8 Å². The Bertz CT molecular complexity index is 1900. The van der Waals surface area contributed by atoms with E-state index in [-0.39, 0.29) is 22.9 Å². The van der Waals surface area contributed by atoms with Gasteiger partial charge in [0.1, 0.15) is 23.3 Å². The molecule has 3 aromatic carbocycles. The Balaban J connectivity index is 1.60. The van der Waals surface area contributed by atoms with Crippen molar-refractivity contribution in [3.8, 4) is 11.8 Å². The monoisotopic (exact) mass is 575 g/mol. The van der Waals surface area contributed by atoms with Crippen molar-refractivity contribution in [3.05, 3.63) is 111 Å². The second-order valence-corrected chi connectivity index (χ2v) is 9.75. The first-order chi connectivity index (χ1) is 20.8. The minimum Gasteiger partial charge on any atom is -0.380 e. The number of nitriles is 1. The third-order valence-electron chi connectivity index (χ3n) is 6.99. The molecule has 12 nitrogen and oxygen atoms in total. The molecule has 5 rings (SSSR count). The molecule has 43 heavy (non-hydrogen) atoms. The summed E-state index contributed by atoms with van der Waals surface area (Å²) in [7, 11) is 0. The van der Waals surface area contributed by atoms with Crippen molar-refractivity contribution in [1.29, 1.82) is 5.26 Å². The molecular weight excluding hydrogens is 546 g/mol. The van der Waals surface area contributed by atoms with Crippen LogP contribution in [0.25, 0.3) is 16.6 Å². The smallest absolute Gasteiger partial charge is 0.274 e. The summed E-state index contributed by atoms with van der Waals surface area (Å²) in [6.45, 7) is 4.00. The van der Waals surface area contributed by atoms with Crippen LogP contribution < -0.4 is 27.4 Å². The lowest BCUT2D eigenvalue weighted by Crippen LogP contribution is -2.29. The topological polar surface area (TPSA) is 184 Å². The number of nitrogen functional groups attached to an aromatic ring is 1. The normalized spacial score (nSPS) is 11.5. The Morgan fingerprint density at radius 1 is 1.05 bits per heavy atom. The molecule has 0 aliphatic heterocycles. The summed E-state index contributed by atoms with van der Waals surface area (Å²) in [6.07, 6.45) is 0.515. The van der Waals surface area contributed by atoms with Gasteiger partial charge in [-0.3, -0.25) is 19.4 Å². The highest BCUT2D eigenvalue weighted by Gasteiger charge is 2.23. The number of rotatable bonds is 9. The first kappa shape index (κ1) is 28.7. The number of fused-ring (bicyclic) bond motifs is 1. The second kappa shape index (κ2) is 12.4. The summed E-state index contributed by atoms with van der Waals surface area (Å²) in [4.78, 5) is 39.3. The molecule has 0 bridgehead atoms. The Labute approximate surface area is 246 Å². The van der Waals surface area contributed by atoms with E-state index < -0.39 is 11.9 Å². The molecule has 0 saturated heterocycles. The number of aryl methyl sites for hydroxylation is 1. The molecule has 216 valence electrons.